The van der Waals surface area contributed by atoms with Crippen molar-refractivity contribution < 1.29 is 9.13 Å². The Morgan fingerprint density at radius 1 is 1.17 bits per heavy atom. The van der Waals surface area contributed by atoms with E-state index in [2.05, 4.69) is 29.8 Å². The molecule has 30 heavy (non-hydrogen) atoms. The van der Waals surface area contributed by atoms with Crippen LogP contribution >= 0.6 is 0 Å². The van der Waals surface area contributed by atoms with E-state index >= 15 is 0 Å². The minimum Gasteiger partial charge on any atom is -0.421 e. The number of fused-ring (bicyclic) bond motifs is 4. The molecule has 0 spiro atoms. The summed E-state index contributed by atoms with van der Waals surface area (Å²) in [4.78, 5) is 22.8. The van der Waals surface area contributed by atoms with Crippen molar-refractivity contribution in [2.24, 2.45) is 17.6 Å². The zero-order valence-corrected chi connectivity index (χ0v) is 16.1. The van der Waals surface area contributed by atoms with Gasteiger partial charge in [-0.05, 0) is 30.9 Å². The molecule has 10 heteroatoms. The van der Waals surface area contributed by atoms with Crippen molar-refractivity contribution in [3.8, 4) is 11.8 Å². The van der Waals surface area contributed by atoms with Gasteiger partial charge in [0.15, 0.2) is 5.75 Å². The van der Waals surface area contributed by atoms with Gasteiger partial charge >= 0.3 is 6.01 Å². The van der Waals surface area contributed by atoms with Gasteiger partial charge in [0.25, 0.3) is 0 Å². The molecule has 1 aromatic carbocycles. The maximum Gasteiger partial charge on any atom is 0.326 e. The molecule has 1 saturated carbocycles. The van der Waals surface area contributed by atoms with E-state index in [4.69, 9.17) is 16.2 Å². The molecule has 0 bridgehead atoms. The standard InChI is InChI=1S/C20H19FN8O/c1-8-24-4-10(5-25-8)30-20-27-18-15(11-2-9(21)3-14(22)17(11)26-18)19(28-20)29-6-12-13(7-29)16(12)23/h2-5,12-13,16H,6-7,22-23H2,1H3,(H,26,27,28)/t12-,13+,16?. The summed E-state index contributed by atoms with van der Waals surface area (Å²) in [6, 6.07) is 3.14. The fourth-order valence-electron chi connectivity index (χ4n) is 4.41. The molecule has 3 atom stereocenters. The number of nitrogens with one attached hydrogen (secondary N) is 1. The number of ether oxygens (including phenoxy) is 1. The van der Waals surface area contributed by atoms with Gasteiger partial charge in [0.1, 0.15) is 23.1 Å². The van der Waals surface area contributed by atoms with Crippen LogP contribution in [0.15, 0.2) is 24.5 Å². The van der Waals surface area contributed by atoms with Crippen molar-refractivity contribution in [3.63, 3.8) is 0 Å². The van der Waals surface area contributed by atoms with E-state index in [1.807, 2.05) is 0 Å². The highest BCUT2D eigenvalue weighted by molar-refractivity contribution is 6.14. The van der Waals surface area contributed by atoms with Gasteiger partial charge in [-0.1, -0.05) is 0 Å². The average molecular weight is 406 g/mol. The number of aromatic nitrogens is 5. The predicted octanol–water partition coefficient (Wildman–Crippen LogP) is 2.12. The van der Waals surface area contributed by atoms with Crippen molar-refractivity contribution in [2.45, 2.75) is 13.0 Å². The molecule has 1 saturated heterocycles. The number of H-pyrrole nitrogens is 1. The number of piperidine rings is 1. The molecule has 9 nitrogen and oxygen atoms in total. The molecular weight excluding hydrogens is 387 g/mol. The van der Waals surface area contributed by atoms with Gasteiger partial charge in [-0.2, -0.15) is 9.97 Å². The zero-order chi connectivity index (χ0) is 20.6. The summed E-state index contributed by atoms with van der Waals surface area (Å²) in [5.74, 6) is 2.25. The molecule has 1 aliphatic heterocycles. The minimum atomic E-state index is -0.407. The number of halogens is 1. The Hall–Kier alpha value is -3.53. The van der Waals surface area contributed by atoms with Gasteiger partial charge < -0.3 is 26.1 Å². The van der Waals surface area contributed by atoms with Crippen molar-refractivity contribution in [1.29, 1.82) is 0 Å². The van der Waals surface area contributed by atoms with Crippen LogP contribution in [-0.2, 0) is 0 Å². The summed E-state index contributed by atoms with van der Waals surface area (Å²) in [6.45, 7) is 3.38. The van der Waals surface area contributed by atoms with E-state index in [1.165, 1.54) is 12.1 Å². The summed E-state index contributed by atoms with van der Waals surface area (Å²) >= 11 is 0. The molecule has 6 rings (SSSR count). The third kappa shape index (κ3) is 2.57. The number of benzene rings is 1. The fraction of sp³-hybridized carbons (Fsp3) is 0.300. The highest BCUT2D eigenvalue weighted by Crippen LogP contribution is 2.47. The van der Waals surface area contributed by atoms with E-state index in [1.54, 1.807) is 19.3 Å². The van der Waals surface area contributed by atoms with Gasteiger partial charge in [-0.15, -0.1) is 0 Å². The maximum atomic E-state index is 14.1. The first-order valence-corrected chi connectivity index (χ1v) is 9.73. The lowest BCUT2D eigenvalue weighted by atomic mass is 10.1. The third-order valence-electron chi connectivity index (χ3n) is 6.04. The van der Waals surface area contributed by atoms with Crippen LogP contribution in [0, 0.1) is 24.6 Å². The minimum absolute atomic E-state index is 0.153. The van der Waals surface area contributed by atoms with E-state index in [9.17, 15) is 4.39 Å². The van der Waals surface area contributed by atoms with Gasteiger partial charge in [0, 0.05) is 24.5 Å². The zero-order valence-electron chi connectivity index (χ0n) is 16.1. The van der Waals surface area contributed by atoms with Crippen molar-refractivity contribution in [3.05, 3.63) is 36.2 Å². The van der Waals surface area contributed by atoms with Crippen molar-refractivity contribution >= 4 is 33.4 Å². The van der Waals surface area contributed by atoms with Gasteiger partial charge in [-0.25, -0.2) is 14.4 Å². The Balaban J connectivity index is 1.52. The van der Waals surface area contributed by atoms with Crippen LogP contribution in [-0.4, -0.2) is 44.1 Å². The van der Waals surface area contributed by atoms with Gasteiger partial charge in [0.2, 0.25) is 0 Å². The Morgan fingerprint density at radius 3 is 2.63 bits per heavy atom. The molecular formula is C20H19FN8O. The Morgan fingerprint density at radius 2 is 1.90 bits per heavy atom. The number of aryl methyl sites for hydroxylation is 1. The maximum absolute atomic E-state index is 14.1. The van der Waals surface area contributed by atoms with Crippen LogP contribution in [0.4, 0.5) is 15.9 Å². The molecule has 4 aromatic rings. The first-order chi connectivity index (χ1) is 14.5. The number of hydrogen-bond donors (Lipinski definition) is 3. The first-order valence-electron chi connectivity index (χ1n) is 9.73. The number of nitrogens with zero attached hydrogens (tertiary/aromatic N) is 5. The highest BCUT2D eigenvalue weighted by atomic mass is 19.1. The molecule has 2 aliphatic rings. The lowest BCUT2D eigenvalue weighted by Crippen LogP contribution is -2.29. The number of anilines is 2. The van der Waals surface area contributed by atoms with Crippen molar-refractivity contribution in [2.75, 3.05) is 23.7 Å². The number of hydrogen-bond acceptors (Lipinski definition) is 8. The monoisotopic (exact) mass is 406 g/mol. The van der Waals surface area contributed by atoms with E-state index in [-0.39, 0.29) is 12.1 Å². The molecule has 152 valence electrons. The molecule has 0 amide bonds. The molecule has 5 N–H and O–H groups in total. The third-order valence-corrected chi connectivity index (χ3v) is 6.04. The molecule has 1 aliphatic carbocycles. The number of aromatic amines is 1. The second-order valence-electron chi connectivity index (χ2n) is 7.97. The van der Waals surface area contributed by atoms with Crippen LogP contribution in [0.3, 0.4) is 0 Å². The first kappa shape index (κ1) is 17.3. The van der Waals surface area contributed by atoms with E-state index < -0.39 is 5.82 Å². The number of nitrogen functional groups attached to an aromatic ring is 1. The lowest BCUT2D eigenvalue weighted by molar-refractivity contribution is 0.439. The van der Waals surface area contributed by atoms with Crippen LogP contribution in [0.25, 0.3) is 21.9 Å². The van der Waals surface area contributed by atoms with Gasteiger partial charge in [0.05, 0.1) is 29.0 Å². The quantitative estimate of drug-likeness (QED) is 0.441. The normalized spacial score (nSPS) is 22.6. The van der Waals surface area contributed by atoms with Crippen LogP contribution in [0.1, 0.15) is 5.82 Å². The smallest absolute Gasteiger partial charge is 0.326 e. The van der Waals surface area contributed by atoms with Crippen LogP contribution in [0.5, 0.6) is 11.8 Å². The van der Waals surface area contributed by atoms with Crippen molar-refractivity contribution in [1.82, 2.24) is 24.9 Å². The molecule has 3 aromatic heterocycles. The second kappa shape index (κ2) is 5.99. The summed E-state index contributed by atoms with van der Waals surface area (Å²) in [6.07, 6.45) is 3.14. The van der Waals surface area contributed by atoms with Gasteiger partial charge in [-0.3, -0.25) is 0 Å². The number of rotatable bonds is 3. The van der Waals surface area contributed by atoms with Crippen LogP contribution in [0.2, 0.25) is 0 Å². The molecule has 1 unspecified atom stereocenters. The molecule has 4 heterocycles. The summed E-state index contributed by atoms with van der Waals surface area (Å²) in [5.41, 5.74) is 13.6. The van der Waals surface area contributed by atoms with E-state index in [0.717, 1.165) is 18.5 Å². The summed E-state index contributed by atoms with van der Waals surface area (Å²) < 4.78 is 20.0. The SMILES string of the molecule is Cc1ncc(Oc2nc(N3C[C@@H]4C(N)[C@@H]4C3)c3c(n2)[nH]c2c(N)cc(F)cc23)cn1. The lowest BCUT2D eigenvalue weighted by Gasteiger charge is -2.21. The van der Waals surface area contributed by atoms with E-state index in [0.29, 0.717) is 51.5 Å². The molecule has 2 fully saturated rings. The average Bonchev–Trinajstić information content (AvgIpc) is 3.08. The highest BCUT2D eigenvalue weighted by Gasteiger charge is 2.54. The summed E-state index contributed by atoms with van der Waals surface area (Å²) in [5, 5.41) is 1.37. The van der Waals surface area contributed by atoms with Crippen LogP contribution < -0.4 is 21.1 Å². The largest absolute Gasteiger partial charge is 0.421 e. The Kier molecular flexibility index (Phi) is 3.46. The Bertz CT molecular complexity index is 1290. The molecule has 0 radical (unpaired) electrons. The number of nitrogens with two attached hydrogens (primary N) is 2. The Labute approximate surface area is 170 Å². The predicted molar refractivity (Wildman–Crippen MR) is 110 cm³/mol. The summed E-state index contributed by atoms with van der Waals surface area (Å²) in [7, 11) is 0. The topological polar surface area (TPSA) is 132 Å². The fourth-order valence-corrected chi connectivity index (χ4v) is 4.41. The second-order valence-corrected chi connectivity index (χ2v) is 7.97.